The number of para-hydroxylation sites is 2. The van der Waals surface area contributed by atoms with Crippen LogP contribution in [-0.4, -0.2) is 11.7 Å². The van der Waals surface area contributed by atoms with Crippen LogP contribution < -0.4 is 4.90 Å². The summed E-state index contributed by atoms with van der Waals surface area (Å²) in [6, 6.07) is 17.5. The van der Waals surface area contributed by atoms with E-state index in [0.29, 0.717) is 6.42 Å². The van der Waals surface area contributed by atoms with Crippen molar-refractivity contribution in [2.75, 3.05) is 4.90 Å². The fourth-order valence-corrected chi connectivity index (χ4v) is 3.90. The summed E-state index contributed by atoms with van der Waals surface area (Å²) in [6.45, 7) is 1.93. The van der Waals surface area contributed by atoms with E-state index in [4.69, 9.17) is 0 Å². The lowest BCUT2D eigenvalue weighted by Gasteiger charge is -2.31. The summed E-state index contributed by atoms with van der Waals surface area (Å²) in [5, 5.41) is 0. The lowest BCUT2D eigenvalue weighted by molar-refractivity contribution is -0.127. The van der Waals surface area contributed by atoms with E-state index in [1.165, 1.54) is 0 Å². The number of nitrogens with zero attached hydrogens (tertiary/aromatic N) is 1. The highest BCUT2D eigenvalue weighted by molar-refractivity contribution is 6.16. The molecule has 2 aromatic rings. The molecular formula is C20H17NO2. The summed E-state index contributed by atoms with van der Waals surface area (Å²) in [5.41, 5.74) is 2.93. The standard InChI is InChI=1S/C20H17NO2/c1-14-11-16(22)13-20(12-14)17-9-5-6-10-18(17)21(19(20)23)15-7-3-2-4-8-15/h2-11H,12-13H2,1H3/t20-/m0/s1. The quantitative estimate of drug-likeness (QED) is 0.801. The molecule has 0 radical (unpaired) electrons. The first-order valence-corrected chi connectivity index (χ1v) is 7.81. The first-order valence-electron chi connectivity index (χ1n) is 7.81. The Kier molecular flexibility index (Phi) is 2.98. The molecule has 114 valence electrons. The Morgan fingerprint density at radius 1 is 0.913 bits per heavy atom. The van der Waals surface area contributed by atoms with Crippen LogP contribution in [-0.2, 0) is 15.0 Å². The molecule has 23 heavy (non-hydrogen) atoms. The number of allylic oxidation sites excluding steroid dienone is 2. The highest BCUT2D eigenvalue weighted by atomic mass is 16.2. The zero-order valence-corrected chi connectivity index (χ0v) is 13.0. The monoisotopic (exact) mass is 303 g/mol. The molecule has 3 heteroatoms. The molecule has 0 unspecified atom stereocenters. The molecule has 1 amide bonds. The average Bonchev–Trinajstić information content (AvgIpc) is 2.76. The molecule has 1 aliphatic carbocycles. The minimum atomic E-state index is -0.748. The fraction of sp³-hybridized carbons (Fsp3) is 0.200. The van der Waals surface area contributed by atoms with Crippen LogP contribution in [0, 0.1) is 0 Å². The SMILES string of the molecule is CC1=CC(=O)C[C@]2(C1)C(=O)N(c1ccccc1)c1ccccc12. The Labute approximate surface area is 135 Å². The van der Waals surface area contributed by atoms with Crippen LogP contribution in [0.3, 0.4) is 0 Å². The van der Waals surface area contributed by atoms with Gasteiger partial charge in [-0.25, -0.2) is 0 Å². The molecule has 0 aromatic heterocycles. The molecule has 1 aliphatic heterocycles. The number of hydrogen-bond donors (Lipinski definition) is 0. The first-order chi connectivity index (χ1) is 11.1. The van der Waals surface area contributed by atoms with E-state index >= 15 is 0 Å². The number of carbonyl (C=O) groups excluding carboxylic acids is 2. The number of anilines is 2. The van der Waals surface area contributed by atoms with Gasteiger partial charge in [-0.1, -0.05) is 42.0 Å². The van der Waals surface area contributed by atoms with Crippen LogP contribution in [0.15, 0.2) is 66.2 Å². The van der Waals surface area contributed by atoms with Crippen molar-refractivity contribution >= 4 is 23.1 Å². The number of fused-ring (bicyclic) bond motifs is 2. The van der Waals surface area contributed by atoms with E-state index in [2.05, 4.69) is 0 Å². The molecule has 0 saturated carbocycles. The van der Waals surface area contributed by atoms with Crippen molar-refractivity contribution in [3.8, 4) is 0 Å². The number of hydrogen-bond acceptors (Lipinski definition) is 2. The second-order valence-corrected chi connectivity index (χ2v) is 6.39. The van der Waals surface area contributed by atoms with Gasteiger partial charge in [0, 0.05) is 12.1 Å². The Morgan fingerprint density at radius 3 is 2.35 bits per heavy atom. The van der Waals surface area contributed by atoms with Crippen LogP contribution in [0.4, 0.5) is 11.4 Å². The van der Waals surface area contributed by atoms with E-state index in [9.17, 15) is 9.59 Å². The van der Waals surface area contributed by atoms with Crippen molar-refractivity contribution < 1.29 is 9.59 Å². The highest BCUT2D eigenvalue weighted by Gasteiger charge is 2.53. The zero-order valence-electron chi connectivity index (χ0n) is 13.0. The van der Waals surface area contributed by atoms with Gasteiger partial charge in [0.05, 0.1) is 11.1 Å². The maximum atomic E-state index is 13.4. The lowest BCUT2D eigenvalue weighted by atomic mass is 9.70. The predicted molar refractivity (Wildman–Crippen MR) is 89.7 cm³/mol. The molecule has 0 bridgehead atoms. The van der Waals surface area contributed by atoms with Gasteiger partial charge < -0.3 is 0 Å². The van der Waals surface area contributed by atoms with Crippen molar-refractivity contribution in [3.05, 3.63) is 71.8 Å². The number of carbonyl (C=O) groups is 2. The van der Waals surface area contributed by atoms with Crippen LogP contribution in [0.25, 0.3) is 0 Å². The molecule has 1 heterocycles. The summed E-state index contributed by atoms with van der Waals surface area (Å²) in [6.07, 6.45) is 2.54. The van der Waals surface area contributed by atoms with Crippen molar-refractivity contribution in [3.63, 3.8) is 0 Å². The van der Waals surface area contributed by atoms with Crippen molar-refractivity contribution in [1.29, 1.82) is 0 Å². The molecule has 0 N–H and O–H groups in total. The van der Waals surface area contributed by atoms with Crippen LogP contribution in [0.1, 0.15) is 25.3 Å². The van der Waals surface area contributed by atoms with Crippen molar-refractivity contribution in [2.45, 2.75) is 25.2 Å². The van der Waals surface area contributed by atoms with Gasteiger partial charge in [-0.3, -0.25) is 14.5 Å². The Hall–Kier alpha value is -2.68. The number of rotatable bonds is 1. The second kappa shape index (κ2) is 4.92. The molecule has 1 atom stereocenters. The molecule has 0 fully saturated rings. The van der Waals surface area contributed by atoms with Gasteiger partial charge in [0.1, 0.15) is 0 Å². The average molecular weight is 303 g/mol. The second-order valence-electron chi connectivity index (χ2n) is 6.39. The minimum absolute atomic E-state index is 0.00528. The molecule has 3 nitrogen and oxygen atoms in total. The van der Waals surface area contributed by atoms with E-state index in [1.807, 2.05) is 61.5 Å². The molecule has 1 spiro atoms. The van der Waals surface area contributed by atoms with Gasteiger partial charge in [0.25, 0.3) is 0 Å². The Balaban J connectivity index is 1.93. The minimum Gasteiger partial charge on any atom is -0.295 e. The van der Waals surface area contributed by atoms with Gasteiger partial charge in [-0.05, 0) is 43.2 Å². The number of amides is 1. The third-order valence-corrected chi connectivity index (χ3v) is 4.75. The van der Waals surface area contributed by atoms with Crippen LogP contribution in [0.2, 0.25) is 0 Å². The largest absolute Gasteiger partial charge is 0.295 e. The Morgan fingerprint density at radius 2 is 1.61 bits per heavy atom. The highest BCUT2D eigenvalue weighted by Crippen LogP contribution is 2.51. The normalized spacial score (nSPS) is 23.2. The lowest BCUT2D eigenvalue weighted by Crippen LogP contribution is -2.41. The van der Waals surface area contributed by atoms with Crippen LogP contribution >= 0.6 is 0 Å². The van der Waals surface area contributed by atoms with Gasteiger partial charge in [-0.15, -0.1) is 0 Å². The smallest absolute Gasteiger partial charge is 0.243 e. The summed E-state index contributed by atoms with van der Waals surface area (Å²) in [5.74, 6) is 0.0394. The third-order valence-electron chi connectivity index (χ3n) is 4.75. The summed E-state index contributed by atoms with van der Waals surface area (Å²) < 4.78 is 0. The van der Waals surface area contributed by atoms with Gasteiger partial charge in [0.2, 0.25) is 5.91 Å². The van der Waals surface area contributed by atoms with Gasteiger partial charge in [0.15, 0.2) is 5.78 Å². The van der Waals surface area contributed by atoms with Gasteiger partial charge >= 0.3 is 0 Å². The maximum absolute atomic E-state index is 13.4. The number of ketones is 1. The molecular weight excluding hydrogens is 286 g/mol. The molecule has 4 rings (SSSR count). The van der Waals surface area contributed by atoms with Crippen molar-refractivity contribution in [2.24, 2.45) is 0 Å². The number of benzene rings is 2. The van der Waals surface area contributed by atoms with Crippen LogP contribution in [0.5, 0.6) is 0 Å². The van der Waals surface area contributed by atoms with E-state index in [1.54, 1.807) is 11.0 Å². The van der Waals surface area contributed by atoms with E-state index < -0.39 is 5.41 Å². The summed E-state index contributed by atoms with van der Waals surface area (Å²) in [7, 11) is 0. The topological polar surface area (TPSA) is 37.4 Å². The van der Waals surface area contributed by atoms with Crippen molar-refractivity contribution in [1.82, 2.24) is 0 Å². The first kappa shape index (κ1) is 13.9. The maximum Gasteiger partial charge on any atom is 0.243 e. The van der Waals surface area contributed by atoms with E-state index in [-0.39, 0.29) is 18.1 Å². The fourth-order valence-electron chi connectivity index (χ4n) is 3.90. The Bertz CT molecular complexity index is 838. The van der Waals surface area contributed by atoms with Gasteiger partial charge in [-0.2, -0.15) is 0 Å². The molecule has 2 aliphatic rings. The summed E-state index contributed by atoms with van der Waals surface area (Å²) in [4.78, 5) is 27.3. The molecule has 0 saturated heterocycles. The molecule has 2 aromatic carbocycles. The summed E-state index contributed by atoms with van der Waals surface area (Å²) >= 11 is 0. The predicted octanol–water partition coefficient (Wildman–Crippen LogP) is 3.91. The zero-order chi connectivity index (χ0) is 16.0. The van der Waals surface area contributed by atoms with E-state index in [0.717, 1.165) is 22.5 Å². The third kappa shape index (κ3) is 1.96.